The number of hydrogen-bond donors (Lipinski definition) is 1. The second-order valence-electron chi connectivity index (χ2n) is 6.92. The molecule has 0 aliphatic heterocycles. The summed E-state index contributed by atoms with van der Waals surface area (Å²) in [6.45, 7) is 0.808. The van der Waals surface area contributed by atoms with E-state index in [1.807, 2.05) is 56.6 Å². The molecule has 0 bridgehead atoms. The summed E-state index contributed by atoms with van der Waals surface area (Å²) >= 11 is 0. The van der Waals surface area contributed by atoms with Gasteiger partial charge in [0.05, 0.1) is 24.6 Å². The number of pyridine rings is 1. The first kappa shape index (κ1) is 20.3. The zero-order chi connectivity index (χ0) is 20.6. The summed E-state index contributed by atoms with van der Waals surface area (Å²) in [6, 6.07) is 17.3. The Kier molecular flexibility index (Phi) is 6.76. The molecule has 0 atom stereocenters. The molecule has 0 amide bonds. The van der Waals surface area contributed by atoms with Crippen molar-refractivity contribution >= 4 is 23.2 Å². The fourth-order valence-electron chi connectivity index (χ4n) is 3.02. The number of methoxy groups -OCH3 is 1. The van der Waals surface area contributed by atoms with E-state index >= 15 is 0 Å². The number of nitrogens with one attached hydrogen (secondary N) is 1. The number of carbonyl (C=O) groups is 1. The molecule has 0 saturated heterocycles. The number of nitrogens with zero attached hydrogens (tertiary/aromatic N) is 2. The maximum atomic E-state index is 12.9. The average molecular weight is 387 g/mol. The third-order valence-electron chi connectivity index (χ3n) is 4.37. The SMILES string of the molecule is COc1ccc(Nc2cccnc2)cc1C(=O)C=Cc1ccccc1CN(C)C. The van der Waals surface area contributed by atoms with Gasteiger partial charge < -0.3 is 15.0 Å². The molecule has 5 nitrogen and oxygen atoms in total. The Balaban J connectivity index is 1.85. The monoisotopic (exact) mass is 387 g/mol. The Morgan fingerprint density at radius 3 is 2.66 bits per heavy atom. The molecule has 0 fully saturated rings. The molecule has 0 spiro atoms. The third-order valence-corrected chi connectivity index (χ3v) is 4.37. The van der Waals surface area contributed by atoms with Crippen LogP contribution in [0.5, 0.6) is 5.75 Å². The minimum absolute atomic E-state index is 0.114. The van der Waals surface area contributed by atoms with Gasteiger partial charge >= 0.3 is 0 Å². The van der Waals surface area contributed by atoms with Gasteiger partial charge in [0.25, 0.3) is 0 Å². The summed E-state index contributed by atoms with van der Waals surface area (Å²) in [6.07, 6.45) is 6.91. The largest absolute Gasteiger partial charge is 0.496 e. The Bertz CT molecular complexity index is 998. The fraction of sp³-hybridized carbons (Fsp3) is 0.167. The summed E-state index contributed by atoms with van der Waals surface area (Å²) in [5, 5.41) is 3.26. The number of benzene rings is 2. The predicted octanol–water partition coefficient (Wildman–Crippen LogP) is 4.79. The van der Waals surface area contributed by atoms with E-state index < -0.39 is 0 Å². The molecule has 0 aliphatic carbocycles. The lowest BCUT2D eigenvalue weighted by molar-refractivity contribution is 0.104. The molecule has 3 rings (SSSR count). The minimum Gasteiger partial charge on any atom is -0.496 e. The smallest absolute Gasteiger partial charge is 0.189 e. The van der Waals surface area contributed by atoms with Gasteiger partial charge in [-0.1, -0.05) is 30.3 Å². The van der Waals surface area contributed by atoms with E-state index in [1.165, 1.54) is 5.56 Å². The normalized spacial score (nSPS) is 11.0. The molecule has 2 aromatic carbocycles. The molecule has 1 N–H and O–H groups in total. The first-order chi connectivity index (χ1) is 14.1. The van der Waals surface area contributed by atoms with E-state index in [0.717, 1.165) is 23.5 Å². The van der Waals surface area contributed by atoms with Crippen LogP contribution in [0.2, 0.25) is 0 Å². The highest BCUT2D eigenvalue weighted by atomic mass is 16.5. The summed E-state index contributed by atoms with van der Waals surface area (Å²) in [5.41, 5.74) is 4.34. The van der Waals surface area contributed by atoms with Crippen molar-refractivity contribution in [1.29, 1.82) is 0 Å². The number of carbonyl (C=O) groups excluding carboxylic acids is 1. The third kappa shape index (κ3) is 5.53. The topological polar surface area (TPSA) is 54.5 Å². The molecule has 148 valence electrons. The average Bonchev–Trinajstić information content (AvgIpc) is 2.73. The van der Waals surface area contributed by atoms with Crippen LogP contribution >= 0.6 is 0 Å². The Hall–Kier alpha value is -3.44. The van der Waals surface area contributed by atoms with Crippen molar-refractivity contribution in [2.24, 2.45) is 0 Å². The lowest BCUT2D eigenvalue weighted by Crippen LogP contribution is -2.11. The van der Waals surface area contributed by atoms with Crippen molar-refractivity contribution in [3.63, 3.8) is 0 Å². The second-order valence-corrected chi connectivity index (χ2v) is 6.92. The van der Waals surface area contributed by atoms with Gasteiger partial charge in [-0.3, -0.25) is 9.78 Å². The van der Waals surface area contributed by atoms with Crippen molar-refractivity contribution in [2.45, 2.75) is 6.54 Å². The Morgan fingerprint density at radius 2 is 1.93 bits per heavy atom. The van der Waals surface area contributed by atoms with Crippen molar-refractivity contribution in [3.8, 4) is 5.75 Å². The first-order valence-corrected chi connectivity index (χ1v) is 9.37. The molecule has 1 heterocycles. The minimum atomic E-state index is -0.114. The number of anilines is 2. The van der Waals surface area contributed by atoms with Crippen molar-refractivity contribution < 1.29 is 9.53 Å². The van der Waals surface area contributed by atoms with E-state index in [0.29, 0.717) is 11.3 Å². The van der Waals surface area contributed by atoms with Crippen LogP contribution in [0.3, 0.4) is 0 Å². The maximum Gasteiger partial charge on any atom is 0.189 e. The molecule has 5 heteroatoms. The molecule has 1 aromatic heterocycles. The first-order valence-electron chi connectivity index (χ1n) is 9.37. The van der Waals surface area contributed by atoms with Crippen molar-refractivity contribution in [1.82, 2.24) is 9.88 Å². The second kappa shape index (κ2) is 9.66. The molecule has 0 saturated carbocycles. The highest BCUT2D eigenvalue weighted by Gasteiger charge is 2.11. The van der Waals surface area contributed by atoms with Crippen molar-refractivity contribution in [2.75, 3.05) is 26.5 Å². The van der Waals surface area contributed by atoms with E-state index in [1.54, 1.807) is 37.7 Å². The maximum absolute atomic E-state index is 12.9. The molecular weight excluding hydrogens is 362 g/mol. The van der Waals surface area contributed by atoms with Crippen LogP contribution in [0, 0.1) is 0 Å². The number of ketones is 1. The van der Waals surface area contributed by atoms with Gasteiger partial charge in [0.1, 0.15) is 5.75 Å². The lowest BCUT2D eigenvalue weighted by atomic mass is 10.0. The molecular formula is C24H25N3O2. The predicted molar refractivity (Wildman–Crippen MR) is 118 cm³/mol. The lowest BCUT2D eigenvalue weighted by Gasteiger charge is -2.12. The summed E-state index contributed by atoms with van der Waals surface area (Å²) < 4.78 is 5.40. The van der Waals surface area contributed by atoms with E-state index in [4.69, 9.17) is 4.74 Å². The van der Waals surface area contributed by atoms with Crippen LogP contribution in [-0.4, -0.2) is 36.9 Å². The number of aromatic nitrogens is 1. The summed E-state index contributed by atoms with van der Waals surface area (Å²) in [4.78, 5) is 19.1. The quantitative estimate of drug-likeness (QED) is 0.445. The van der Waals surface area contributed by atoms with Crippen LogP contribution in [0.25, 0.3) is 6.08 Å². The molecule has 29 heavy (non-hydrogen) atoms. The number of hydrogen-bond acceptors (Lipinski definition) is 5. The Morgan fingerprint density at radius 1 is 1.10 bits per heavy atom. The highest BCUT2D eigenvalue weighted by Crippen LogP contribution is 2.26. The van der Waals surface area contributed by atoms with Gasteiger partial charge in [-0.15, -0.1) is 0 Å². The standard InChI is InChI=1S/C24H25N3O2/c1-27(2)17-19-8-5-4-7-18(19)10-12-23(28)22-15-20(11-13-24(22)29-3)26-21-9-6-14-25-16-21/h4-16,26H,17H2,1-3H3. The van der Waals surface area contributed by atoms with Crippen LogP contribution in [0.1, 0.15) is 21.5 Å². The van der Waals surface area contributed by atoms with E-state index in [-0.39, 0.29) is 5.78 Å². The van der Waals surface area contributed by atoms with Gasteiger partial charge in [0, 0.05) is 18.4 Å². The van der Waals surface area contributed by atoms with Gasteiger partial charge in [0.15, 0.2) is 5.78 Å². The van der Waals surface area contributed by atoms with Crippen LogP contribution in [0.4, 0.5) is 11.4 Å². The zero-order valence-corrected chi connectivity index (χ0v) is 16.9. The van der Waals surface area contributed by atoms with Crippen molar-refractivity contribution in [3.05, 3.63) is 89.8 Å². The Labute approximate surface area is 171 Å². The molecule has 3 aromatic rings. The van der Waals surface area contributed by atoms with Crippen LogP contribution in [-0.2, 0) is 6.54 Å². The number of rotatable bonds is 8. The number of ether oxygens (including phenoxy) is 1. The molecule has 0 unspecified atom stereocenters. The van der Waals surface area contributed by atoms with Crippen LogP contribution < -0.4 is 10.1 Å². The molecule has 0 aliphatic rings. The number of allylic oxidation sites excluding steroid dienone is 1. The van der Waals surface area contributed by atoms with Gasteiger partial charge in [-0.2, -0.15) is 0 Å². The van der Waals surface area contributed by atoms with Gasteiger partial charge in [-0.25, -0.2) is 0 Å². The zero-order valence-electron chi connectivity index (χ0n) is 16.9. The molecule has 0 radical (unpaired) electrons. The van der Waals surface area contributed by atoms with E-state index in [2.05, 4.69) is 21.3 Å². The summed E-state index contributed by atoms with van der Waals surface area (Å²) in [5.74, 6) is 0.425. The highest BCUT2D eigenvalue weighted by molar-refractivity contribution is 6.09. The fourth-order valence-corrected chi connectivity index (χ4v) is 3.02. The van der Waals surface area contributed by atoms with Gasteiger partial charge in [0.2, 0.25) is 0 Å². The summed E-state index contributed by atoms with van der Waals surface area (Å²) in [7, 11) is 5.62. The van der Waals surface area contributed by atoms with E-state index in [9.17, 15) is 4.79 Å². The van der Waals surface area contributed by atoms with Gasteiger partial charge in [-0.05, 0) is 61.6 Å². The van der Waals surface area contributed by atoms with Crippen LogP contribution in [0.15, 0.2) is 73.1 Å².